The zero-order valence-corrected chi connectivity index (χ0v) is 12.6. The molecule has 0 aliphatic heterocycles. The van der Waals surface area contributed by atoms with Crippen LogP contribution in [0.4, 0.5) is 0 Å². The van der Waals surface area contributed by atoms with E-state index in [0.717, 1.165) is 35.6 Å². The van der Waals surface area contributed by atoms with Gasteiger partial charge in [-0.25, -0.2) is 0 Å². The molecule has 1 aliphatic rings. The molecule has 2 atom stereocenters. The van der Waals surface area contributed by atoms with Gasteiger partial charge >= 0.3 is 0 Å². The first-order chi connectivity index (χ1) is 9.42. The number of benzene rings is 1. The van der Waals surface area contributed by atoms with Gasteiger partial charge in [-0.3, -0.25) is 4.98 Å². The molecule has 0 amide bonds. The predicted octanol–water partition coefficient (Wildman–Crippen LogP) is 4.27. The van der Waals surface area contributed by atoms with E-state index >= 15 is 0 Å². The fourth-order valence-electron chi connectivity index (χ4n) is 3.78. The summed E-state index contributed by atoms with van der Waals surface area (Å²) in [6, 6.07) is 8.20. The van der Waals surface area contributed by atoms with Crippen LogP contribution in [-0.2, 0) is 5.60 Å². The molecule has 1 aliphatic carbocycles. The van der Waals surface area contributed by atoms with Crippen LogP contribution in [0.5, 0.6) is 0 Å². The van der Waals surface area contributed by atoms with Gasteiger partial charge in [0.25, 0.3) is 0 Å². The minimum atomic E-state index is -0.712. The third-order valence-electron chi connectivity index (χ3n) is 5.00. The molecule has 1 aromatic heterocycles. The highest BCUT2D eigenvalue weighted by Crippen LogP contribution is 2.49. The summed E-state index contributed by atoms with van der Waals surface area (Å²) in [6.45, 7) is 6.78. The van der Waals surface area contributed by atoms with Crippen molar-refractivity contribution < 1.29 is 5.11 Å². The Balaban J connectivity index is 2.10. The normalized spacial score (nSPS) is 29.5. The minimum absolute atomic E-state index is 0.269. The van der Waals surface area contributed by atoms with Crippen molar-refractivity contribution >= 4 is 10.8 Å². The number of fused-ring (bicyclic) bond motifs is 1. The summed E-state index contributed by atoms with van der Waals surface area (Å²) < 4.78 is 0. The van der Waals surface area contributed by atoms with Crippen molar-refractivity contribution in [3.63, 3.8) is 0 Å². The van der Waals surface area contributed by atoms with E-state index < -0.39 is 5.60 Å². The molecule has 3 rings (SSSR count). The van der Waals surface area contributed by atoms with Gasteiger partial charge in [0.1, 0.15) is 0 Å². The molecule has 20 heavy (non-hydrogen) atoms. The number of nitrogens with zero attached hydrogens (tertiary/aromatic N) is 1. The fraction of sp³-hybridized carbons (Fsp3) is 0.500. The molecule has 2 unspecified atom stereocenters. The Morgan fingerprint density at radius 1 is 1.20 bits per heavy atom. The monoisotopic (exact) mass is 269 g/mol. The van der Waals surface area contributed by atoms with Gasteiger partial charge < -0.3 is 5.11 Å². The molecule has 0 bridgehead atoms. The number of rotatable bonds is 1. The molecule has 2 nitrogen and oxygen atoms in total. The van der Waals surface area contributed by atoms with Crippen LogP contribution in [-0.4, -0.2) is 10.1 Å². The molecule has 0 spiro atoms. The van der Waals surface area contributed by atoms with Crippen LogP contribution in [0.2, 0.25) is 0 Å². The lowest BCUT2D eigenvalue weighted by Crippen LogP contribution is -2.41. The average molecular weight is 269 g/mol. The Labute approximate surface area is 120 Å². The van der Waals surface area contributed by atoms with Crippen LogP contribution in [0.3, 0.4) is 0 Å². The second kappa shape index (κ2) is 4.56. The first-order valence-corrected chi connectivity index (χ1v) is 7.48. The quantitative estimate of drug-likeness (QED) is 0.838. The molecule has 1 aromatic carbocycles. The highest BCUT2D eigenvalue weighted by Gasteiger charge is 2.44. The van der Waals surface area contributed by atoms with Crippen molar-refractivity contribution in [3.05, 3.63) is 42.2 Å². The third-order valence-corrected chi connectivity index (χ3v) is 5.00. The number of hydrogen-bond acceptors (Lipinski definition) is 2. The molecular weight excluding hydrogens is 246 g/mol. The number of aromatic nitrogens is 1. The summed E-state index contributed by atoms with van der Waals surface area (Å²) in [5.74, 6) is 0.269. The van der Waals surface area contributed by atoms with E-state index in [9.17, 15) is 5.11 Å². The first-order valence-electron chi connectivity index (χ1n) is 7.48. The number of pyridine rings is 1. The van der Waals surface area contributed by atoms with Crippen molar-refractivity contribution in [1.29, 1.82) is 0 Å². The van der Waals surface area contributed by atoms with Crippen LogP contribution in [0.15, 0.2) is 36.7 Å². The fourth-order valence-corrected chi connectivity index (χ4v) is 3.78. The lowest BCUT2D eigenvalue weighted by atomic mass is 9.63. The summed E-state index contributed by atoms with van der Waals surface area (Å²) in [4.78, 5) is 4.18. The van der Waals surface area contributed by atoms with E-state index in [1.54, 1.807) is 0 Å². The largest absolute Gasteiger partial charge is 0.385 e. The Bertz CT molecular complexity index is 629. The zero-order chi connectivity index (χ0) is 14.4. The first kappa shape index (κ1) is 13.6. The van der Waals surface area contributed by atoms with Gasteiger partial charge in [-0.05, 0) is 47.6 Å². The van der Waals surface area contributed by atoms with Crippen LogP contribution in [0.1, 0.15) is 45.6 Å². The van der Waals surface area contributed by atoms with Crippen LogP contribution < -0.4 is 0 Å². The molecule has 0 saturated heterocycles. The molecule has 0 radical (unpaired) electrons. The average Bonchev–Trinajstić information content (AvgIpc) is 2.42. The van der Waals surface area contributed by atoms with E-state index in [2.05, 4.69) is 37.9 Å². The topological polar surface area (TPSA) is 33.1 Å². The molecule has 2 heteroatoms. The van der Waals surface area contributed by atoms with E-state index in [1.807, 2.05) is 24.5 Å². The molecular formula is C18H23NO. The second-order valence-corrected chi connectivity index (χ2v) is 7.10. The van der Waals surface area contributed by atoms with Gasteiger partial charge in [0.2, 0.25) is 0 Å². The van der Waals surface area contributed by atoms with Gasteiger partial charge in [0, 0.05) is 17.8 Å². The van der Waals surface area contributed by atoms with Crippen molar-refractivity contribution in [1.82, 2.24) is 4.98 Å². The minimum Gasteiger partial charge on any atom is -0.385 e. The van der Waals surface area contributed by atoms with Gasteiger partial charge in [0.15, 0.2) is 0 Å². The van der Waals surface area contributed by atoms with Gasteiger partial charge in [0.05, 0.1) is 5.60 Å². The van der Waals surface area contributed by atoms with Crippen molar-refractivity contribution in [2.75, 3.05) is 0 Å². The van der Waals surface area contributed by atoms with Crippen LogP contribution in [0.25, 0.3) is 10.8 Å². The summed E-state index contributed by atoms with van der Waals surface area (Å²) in [5.41, 5.74) is 0.689. The van der Waals surface area contributed by atoms with Crippen molar-refractivity contribution in [2.45, 2.75) is 45.6 Å². The lowest BCUT2D eigenvalue weighted by Gasteiger charge is -2.46. The smallest absolute Gasteiger partial charge is 0.0928 e. The van der Waals surface area contributed by atoms with Gasteiger partial charge in [-0.1, -0.05) is 39.0 Å². The molecule has 2 aromatic rings. The van der Waals surface area contributed by atoms with Crippen molar-refractivity contribution in [2.24, 2.45) is 11.3 Å². The van der Waals surface area contributed by atoms with Crippen LogP contribution in [0, 0.1) is 11.3 Å². The third kappa shape index (κ3) is 2.12. The van der Waals surface area contributed by atoms with E-state index in [-0.39, 0.29) is 5.92 Å². The second-order valence-electron chi connectivity index (χ2n) is 7.10. The number of aliphatic hydroxyl groups is 1. The Kier molecular flexibility index (Phi) is 3.09. The summed E-state index contributed by atoms with van der Waals surface area (Å²) in [5, 5.41) is 13.6. The highest BCUT2D eigenvalue weighted by molar-refractivity contribution is 5.85. The Morgan fingerprint density at radius 2 is 2.00 bits per heavy atom. The zero-order valence-electron chi connectivity index (χ0n) is 12.6. The summed E-state index contributed by atoms with van der Waals surface area (Å²) in [7, 11) is 0. The summed E-state index contributed by atoms with van der Waals surface area (Å²) >= 11 is 0. The maximum absolute atomic E-state index is 11.3. The van der Waals surface area contributed by atoms with Crippen LogP contribution >= 0.6 is 0 Å². The number of hydrogen-bond donors (Lipinski definition) is 1. The van der Waals surface area contributed by atoms with Gasteiger partial charge in [-0.15, -0.1) is 0 Å². The molecule has 106 valence electrons. The Hall–Kier alpha value is -1.41. The van der Waals surface area contributed by atoms with Gasteiger partial charge in [-0.2, -0.15) is 0 Å². The standard InChI is InChI=1S/C18H23NO/c1-13-11-17(2,3)8-9-18(13,20)16-6-4-5-14-12-19-10-7-15(14)16/h4-7,10,12-13,20H,8-9,11H2,1-3H3. The van der Waals surface area contributed by atoms with Crippen molar-refractivity contribution in [3.8, 4) is 0 Å². The highest BCUT2D eigenvalue weighted by atomic mass is 16.3. The molecule has 1 saturated carbocycles. The summed E-state index contributed by atoms with van der Waals surface area (Å²) in [6.07, 6.45) is 6.65. The van der Waals surface area contributed by atoms with E-state index in [4.69, 9.17) is 0 Å². The molecule has 1 N–H and O–H groups in total. The Morgan fingerprint density at radius 3 is 2.75 bits per heavy atom. The maximum Gasteiger partial charge on any atom is 0.0928 e. The van der Waals surface area contributed by atoms with E-state index in [1.165, 1.54) is 0 Å². The SMILES string of the molecule is CC1CC(C)(C)CCC1(O)c1cccc2cnccc12. The predicted molar refractivity (Wildman–Crippen MR) is 82.4 cm³/mol. The maximum atomic E-state index is 11.3. The van der Waals surface area contributed by atoms with E-state index in [0.29, 0.717) is 5.41 Å². The lowest BCUT2D eigenvalue weighted by molar-refractivity contribution is -0.0758. The molecule has 1 fully saturated rings. The molecule has 1 heterocycles.